The lowest BCUT2D eigenvalue weighted by atomic mass is 10.2. The van der Waals surface area contributed by atoms with Gasteiger partial charge in [0.15, 0.2) is 0 Å². The molecule has 0 aliphatic carbocycles. The Labute approximate surface area is 147 Å². The first-order valence-corrected chi connectivity index (χ1v) is 7.96. The number of benzene rings is 2. The number of nitrogens with one attached hydrogen (secondary N) is 2. The maximum atomic E-state index is 12.1. The maximum absolute atomic E-state index is 12.1. The largest absolute Gasteiger partial charge is 0.497 e. The molecule has 0 radical (unpaired) electrons. The van der Waals surface area contributed by atoms with Gasteiger partial charge in [-0.05, 0) is 56.3 Å². The number of carbonyl (C=O) groups excluding carboxylic acids is 2. The van der Waals surface area contributed by atoms with Gasteiger partial charge in [0.2, 0.25) is 5.91 Å². The van der Waals surface area contributed by atoms with E-state index in [1.807, 2.05) is 13.8 Å². The third-order valence-corrected chi connectivity index (χ3v) is 3.25. The van der Waals surface area contributed by atoms with Crippen LogP contribution in [-0.2, 0) is 4.79 Å². The van der Waals surface area contributed by atoms with Crippen molar-refractivity contribution in [2.45, 2.75) is 20.0 Å². The molecule has 6 nitrogen and oxygen atoms in total. The molecule has 0 atom stereocenters. The molecule has 0 aliphatic rings. The molecule has 2 rings (SSSR count). The summed E-state index contributed by atoms with van der Waals surface area (Å²) in [4.78, 5) is 24.0. The first kappa shape index (κ1) is 18.3. The highest BCUT2D eigenvalue weighted by Crippen LogP contribution is 2.17. The van der Waals surface area contributed by atoms with Crippen LogP contribution in [0.25, 0.3) is 0 Å². The zero-order valence-corrected chi connectivity index (χ0v) is 14.5. The Morgan fingerprint density at radius 3 is 2.40 bits per heavy atom. The maximum Gasteiger partial charge on any atom is 0.251 e. The van der Waals surface area contributed by atoms with Crippen molar-refractivity contribution in [1.29, 1.82) is 0 Å². The summed E-state index contributed by atoms with van der Waals surface area (Å²) in [6, 6.07) is 13.8. The zero-order chi connectivity index (χ0) is 18.2. The number of carbonyl (C=O) groups is 2. The molecule has 0 bridgehead atoms. The molecular weight excluding hydrogens is 320 g/mol. The van der Waals surface area contributed by atoms with Gasteiger partial charge in [-0.15, -0.1) is 0 Å². The van der Waals surface area contributed by atoms with Crippen LogP contribution in [0.15, 0.2) is 48.5 Å². The Balaban J connectivity index is 1.84. The number of ether oxygens (including phenoxy) is 2. The molecule has 25 heavy (non-hydrogen) atoms. The molecule has 0 aliphatic heterocycles. The van der Waals surface area contributed by atoms with E-state index in [9.17, 15) is 9.59 Å². The fraction of sp³-hybridized carbons (Fsp3) is 0.263. The number of rotatable bonds is 7. The highest BCUT2D eigenvalue weighted by molar-refractivity contribution is 5.99. The van der Waals surface area contributed by atoms with E-state index < -0.39 is 0 Å². The molecule has 2 aromatic rings. The fourth-order valence-corrected chi connectivity index (χ4v) is 2.12. The highest BCUT2D eigenvalue weighted by atomic mass is 16.5. The number of anilines is 1. The fourth-order valence-electron chi connectivity index (χ4n) is 2.12. The van der Waals surface area contributed by atoms with E-state index >= 15 is 0 Å². The molecular formula is C19H22N2O4. The van der Waals surface area contributed by atoms with Crippen molar-refractivity contribution in [2.75, 3.05) is 19.0 Å². The smallest absolute Gasteiger partial charge is 0.251 e. The summed E-state index contributed by atoms with van der Waals surface area (Å²) in [5.41, 5.74) is 1.07. The molecule has 2 amide bonds. The SMILES string of the molecule is COc1cccc(C(=O)NCC(=O)Nc2ccc(OC(C)C)cc2)c1. The van der Waals surface area contributed by atoms with Crippen molar-refractivity contribution >= 4 is 17.5 Å². The molecule has 2 aromatic carbocycles. The first-order valence-electron chi connectivity index (χ1n) is 7.96. The quantitative estimate of drug-likeness (QED) is 0.811. The minimum absolute atomic E-state index is 0.0901. The summed E-state index contributed by atoms with van der Waals surface area (Å²) in [5, 5.41) is 5.29. The van der Waals surface area contributed by atoms with E-state index in [0.717, 1.165) is 5.75 Å². The summed E-state index contributed by atoms with van der Waals surface area (Å²) in [5.74, 6) is 0.670. The lowest BCUT2D eigenvalue weighted by molar-refractivity contribution is -0.115. The molecule has 0 unspecified atom stereocenters. The van der Waals surface area contributed by atoms with Gasteiger partial charge in [-0.2, -0.15) is 0 Å². The summed E-state index contributed by atoms with van der Waals surface area (Å²) in [6.07, 6.45) is 0.0901. The zero-order valence-electron chi connectivity index (χ0n) is 14.5. The van der Waals surface area contributed by atoms with E-state index in [1.165, 1.54) is 7.11 Å². The van der Waals surface area contributed by atoms with Gasteiger partial charge in [-0.1, -0.05) is 6.07 Å². The third-order valence-electron chi connectivity index (χ3n) is 3.25. The van der Waals surface area contributed by atoms with Crippen LogP contribution in [0.1, 0.15) is 24.2 Å². The predicted octanol–water partition coefficient (Wildman–Crippen LogP) is 2.85. The number of hydrogen-bond donors (Lipinski definition) is 2. The molecule has 132 valence electrons. The topological polar surface area (TPSA) is 76.7 Å². The van der Waals surface area contributed by atoms with Crippen LogP contribution in [-0.4, -0.2) is 31.6 Å². The van der Waals surface area contributed by atoms with Gasteiger partial charge in [0.25, 0.3) is 5.91 Å². The number of amides is 2. The Bertz CT molecular complexity index is 726. The van der Waals surface area contributed by atoms with Crippen molar-refractivity contribution in [1.82, 2.24) is 5.32 Å². The van der Waals surface area contributed by atoms with E-state index in [2.05, 4.69) is 10.6 Å². The minimum Gasteiger partial charge on any atom is -0.497 e. The predicted molar refractivity (Wildman–Crippen MR) is 96.2 cm³/mol. The molecule has 6 heteroatoms. The van der Waals surface area contributed by atoms with Crippen LogP contribution in [0, 0.1) is 0 Å². The summed E-state index contributed by atoms with van der Waals surface area (Å²) < 4.78 is 10.6. The van der Waals surface area contributed by atoms with Crippen LogP contribution in [0.4, 0.5) is 5.69 Å². The van der Waals surface area contributed by atoms with Crippen LogP contribution in [0.5, 0.6) is 11.5 Å². The minimum atomic E-state index is -0.338. The van der Waals surface area contributed by atoms with E-state index in [1.54, 1.807) is 48.5 Å². The molecule has 0 saturated heterocycles. The first-order chi connectivity index (χ1) is 12.0. The molecule has 0 saturated carbocycles. The lowest BCUT2D eigenvalue weighted by Gasteiger charge is -2.11. The standard InChI is InChI=1S/C19H22N2O4/c1-13(2)25-16-9-7-15(8-10-16)21-18(22)12-20-19(23)14-5-4-6-17(11-14)24-3/h4-11,13H,12H2,1-3H3,(H,20,23)(H,21,22). The van der Waals surface area contributed by atoms with Crippen LogP contribution >= 0.6 is 0 Å². The molecule has 0 spiro atoms. The van der Waals surface area contributed by atoms with E-state index in [4.69, 9.17) is 9.47 Å². The Hall–Kier alpha value is -3.02. The van der Waals surface area contributed by atoms with Crippen molar-refractivity contribution in [3.8, 4) is 11.5 Å². The third kappa shape index (κ3) is 5.84. The van der Waals surface area contributed by atoms with E-state index in [0.29, 0.717) is 17.0 Å². The molecule has 2 N–H and O–H groups in total. The van der Waals surface area contributed by atoms with Gasteiger partial charge in [-0.25, -0.2) is 0 Å². The summed E-state index contributed by atoms with van der Waals surface area (Å²) in [7, 11) is 1.53. The number of methoxy groups -OCH3 is 1. The molecule has 0 heterocycles. The van der Waals surface area contributed by atoms with Crippen molar-refractivity contribution in [3.05, 3.63) is 54.1 Å². The van der Waals surface area contributed by atoms with Crippen molar-refractivity contribution in [2.24, 2.45) is 0 Å². The second-order valence-corrected chi connectivity index (χ2v) is 5.65. The molecule has 0 fully saturated rings. The average Bonchev–Trinajstić information content (AvgIpc) is 2.61. The monoisotopic (exact) mass is 342 g/mol. The normalized spacial score (nSPS) is 10.2. The van der Waals surface area contributed by atoms with Gasteiger partial charge in [0.05, 0.1) is 19.8 Å². The van der Waals surface area contributed by atoms with Crippen LogP contribution in [0.3, 0.4) is 0 Å². The van der Waals surface area contributed by atoms with Gasteiger partial charge in [0, 0.05) is 11.3 Å². The van der Waals surface area contributed by atoms with Gasteiger partial charge in [0.1, 0.15) is 11.5 Å². The number of hydrogen-bond acceptors (Lipinski definition) is 4. The highest BCUT2D eigenvalue weighted by Gasteiger charge is 2.09. The van der Waals surface area contributed by atoms with Gasteiger partial charge < -0.3 is 20.1 Å². The Morgan fingerprint density at radius 1 is 1.04 bits per heavy atom. The van der Waals surface area contributed by atoms with E-state index in [-0.39, 0.29) is 24.5 Å². The van der Waals surface area contributed by atoms with Gasteiger partial charge >= 0.3 is 0 Å². The summed E-state index contributed by atoms with van der Waals surface area (Å²) in [6.45, 7) is 3.77. The summed E-state index contributed by atoms with van der Waals surface area (Å²) >= 11 is 0. The lowest BCUT2D eigenvalue weighted by Crippen LogP contribution is -2.32. The second-order valence-electron chi connectivity index (χ2n) is 5.65. The van der Waals surface area contributed by atoms with Crippen molar-refractivity contribution < 1.29 is 19.1 Å². The Kier molecular flexibility index (Phi) is 6.39. The van der Waals surface area contributed by atoms with Crippen molar-refractivity contribution in [3.63, 3.8) is 0 Å². The van der Waals surface area contributed by atoms with Crippen LogP contribution in [0.2, 0.25) is 0 Å². The Morgan fingerprint density at radius 2 is 1.76 bits per heavy atom. The second kappa shape index (κ2) is 8.73. The average molecular weight is 342 g/mol. The van der Waals surface area contributed by atoms with Crippen LogP contribution < -0.4 is 20.1 Å². The van der Waals surface area contributed by atoms with Gasteiger partial charge in [-0.3, -0.25) is 9.59 Å². The molecule has 0 aromatic heterocycles.